The maximum Gasteiger partial charge on any atom is 0.226 e. The number of carbonyl (C=O) groups excluding carboxylic acids is 1. The molecule has 1 fully saturated rings. The number of aryl methyl sites for hydroxylation is 1. The Balaban J connectivity index is 1.54. The smallest absolute Gasteiger partial charge is 0.226 e. The van der Waals surface area contributed by atoms with Gasteiger partial charge in [0, 0.05) is 6.42 Å². The van der Waals surface area contributed by atoms with Crippen molar-refractivity contribution in [2.24, 2.45) is 5.92 Å². The van der Waals surface area contributed by atoms with Gasteiger partial charge in [0.15, 0.2) is 5.13 Å². The number of hydrogen-bond acceptors (Lipinski definition) is 5. The van der Waals surface area contributed by atoms with Crippen LogP contribution in [0.2, 0.25) is 0 Å². The van der Waals surface area contributed by atoms with Gasteiger partial charge in [0.25, 0.3) is 0 Å². The Hall–Kier alpha value is -1.53. The van der Waals surface area contributed by atoms with Gasteiger partial charge < -0.3 is 5.32 Å². The summed E-state index contributed by atoms with van der Waals surface area (Å²) in [6.45, 7) is 2.02. The van der Waals surface area contributed by atoms with E-state index in [9.17, 15) is 4.79 Å². The van der Waals surface area contributed by atoms with Gasteiger partial charge in [-0.2, -0.15) is 0 Å². The molecule has 0 radical (unpaired) electrons. The molecule has 0 atom stereocenters. The molecular weight excluding hydrogens is 326 g/mol. The molecule has 120 valence electrons. The van der Waals surface area contributed by atoms with Crippen LogP contribution >= 0.6 is 22.7 Å². The van der Waals surface area contributed by atoms with Gasteiger partial charge in [-0.25, -0.2) is 9.97 Å². The van der Waals surface area contributed by atoms with Crippen molar-refractivity contribution in [3.8, 4) is 0 Å². The van der Waals surface area contributed by atoms with E-state index in [4.69, 9.17) is 0 Å². The number of nitrogens with zero attached hydrogens (tertiary/aromatic N) is 2. The first-order chi connectivity index (χ1) is 11.2. The molecule has 3 aromatic rings. The molecule has 0 spiro atoms. The van der Waals surface area contributed by atoms with E-state index >= 15 is 0 Å². The molecule has 4 rings (SSSR count). The quantitative estimate of drug-likeness (QED) is 0.716. The van der Waals surface area contributed by atoms with Gasteiger partial charge in [0.05, 0.1) is 25.4 Å². The van der Waals surface area contributed by atoms with Gasteiger partial charge in [-0.15, -0.1) is 11.3 Å². The molecule has 0 bridgehead atoms. The Morgan fingerprint density at radius 2 is 1.83 bits per heavy atom. The zero-order chi connectivity index (χ0) is 15.8. The average Bonchev–Trinajstić information content (AvgIpc) is 3.09. The van der Waals surface area contributed by atoms with Crippen LogP contribution in [0.15, 0.2) is 12.1 Å². The molecule has 1 N–H and O–H groups in total. The Bertz CT molecular complexity index is 861. The van der Waals surface area contributed by atoms with E-state index < -0.39 is 0 Å². The van der Waals surface area contributed by atoms with E-state index in [2.05, 4.69) is 15.3 Å². The summed E-state index contributed by atoms with van der Waals surface area (Å²) < 4.78 is 2.30. The van der Waals surface area contributed by atoms with Gasteiger partial charge >= 0.3 is 0 Å². The molecule has 1 aliphatic rings. The summed E-state index contributed by atoms with van der Waals surface area (Å²) in [5.41, 5.74) is 1.96. The van der Waals surface area contributed by atoms with Crippen molar-refractivity contribution in [3.63, 3.8) is 0 Å². The van der Waals surface area contributed by atoms with Crippen molar-refractivity contribution in [1.29, 1.82) is 0 Å². The van der Waals surface area contributed by atoms with Crippen LogP contribution < -0.4 is 5.32 Å². The van der Waals surface area contributed by atoms with Crippen LogP contribution in [0.5, 0.6) is 0 Å². The fourth-order valence-electron chi connectivity index (χ4n) is 3.36. The van der Waals surface area contributed by atoms with Crippen molar-refractivity contribution < 1.29 is 4.79 Å². The van der Waals surface area contributed by atoms with E-state index in [0.29, 0.717) is 17.5 Å². The molecule has 6 heteroatoms. The zero-order valence-electron chi connectivity index (χ0n) is 13.1. The first kappa shape index (κ1) is 15.0. The molecule has 23 heavy (non-hydrogen) atoms. The first-order valence-corrected chi connectivity index (χ1v) is 9.79. The number of aromatic nitrogens is 2. The molecule has 1 aromatic carbocycles. The third kappa shape index (κ3) is 3.10. The highest BCUT2D eigenvalue weighted by atomic mass is 32.1. The SMILES string of the molecule is Cc1nc2ccc3nc(NC(=O)CC4CCCCC4)sc3c2s1. The van der Waals surface area contributed by atoms with E-state index in [-0.39, 0.29) is 5.91 Å². The predicted octanol–water partition coefficient (Wildman–Crippen LogP) is 5.12. The molecule has 2 heterocycles. The minimum absolute atomic E-state index is 0.104. The molecule has 0 unspecified atom stereocenters. The zero-order valence-corrected chi connectivity index (χ0v) is 14.7. The number of rotatable bonds is 3. The fraction of sp³-hybridized carbons (Fsp3) is 0.471. The van der Waals surface area contributed by atoms with Crippen LogP contribution in [0.4, 0.5) is 5.13 Å². The standard InChI is InChI=1S/C17H19N3OS2/c1-10-18-12-7-8-13-16(15(12)22-10)23-17(19-13)20-14(21)9-11-5-3-2-4-6-11/h7-8,11H,2-6,9H2,1H3,(H,19,20,21). The molecule has 0 saturated heterocycles. The Morgan fingerprint density at radius 3 is 2.61 bits per heavy atom. The second kappa shape index (κ2) is 6.17. The predicted molar refractivity (Wildman–Crippen MR) is 97.4 cm³/mol. The van der Waals surface area contributed by atoms with Crippen LogP contribution in [0.25, 0.3) is 20.4 Å². The first-order valence-electron chi connectivity index (χ1n) is 8.15. The van der Waals surface area contributed by atoms with Crippen LogP contribution in [-0.2, 0) is 4.79 Å². The van der Waals surface area contributed by atoms with Crippen LogP contribution in [0.1, 0.15) is 43.5 Å². The van der Waals surface area contributed by atoms with Gasteiger partial charge in [0.1, 0.15) is 0 Å². The molecule has 2 aromatic heterocycles. The maximum atomic E-state index is 12.3. The largest absolute Gasteiger partial charge is 0.302 e. The fourth-order valence-corrected chi connectivity index (χ4v) is 5.38. The Labute approximate surface area is 143 Å². The summed E-state index contributed by atoms with van der Waals surface area (Å²) in [5, 5.41) is 4.77. The van der Waals surface area contributed by atoms with Crippen LogP contribution in [0, 0.1) is 12.8 Å². The lowest BCUT2D eigenvalue weighted by atomic mass is 9.87. The molecule has 0 aliphatic heterocycles. The summed E-state index contributed by atoms with van der Waals surface area (Å²) >= 11 is 3.25. The number of nitrogens with one attached hydrogen (secondary N) is 1. The van der Waals surface area contributed by atoms with Gasteiger partial charge in [0.2, 0.25) is 5.91 Å². The monoisotopic (exact) mass is 345 g/mol. The summed E-state index contributed by atoms with van der Waals surface area (Å²) in [6.07, 6.45) is 6.86. The normalized spacial score (nSPS) is 16.2. The van der Waals surface area contributed by atoms with Gasteiger partial charge in [-0.3, -0.25) is 4.79 Å². The number of anilines is 1. The number of thiazole rings is 2. The topological polar surface area (TPSA) is 54.9 Å². The lowest BCUT2D eigenvalue weighted by Gasteiger charge is -2.20. The molecule has 4 nitrogen and oxygen atoms in total. The number of amides is 1. The van der Waals surface area contributed by atoms with E-state index in [1.165, 1.54) is 36.8 Å². The highest BCUT2D eigenvalue weighted by molar-refractivity contribution is 7.28. The molecule has 1 amide bonds. The molecular formula is C17H19N3OS2. The van der Waals surface area contributed by atoms with Gasteiger partial charge in [-0.05, 0) is 37.8 Å². The van der Waals surface area contributed by atoms with Crippen molar-refractivity contribution in [2.45, 2.75) is 45.4 Å². The number of benzene rings is 1. The van der Waals surface area contributed by atoms with Crippen molar-refractivity contribution >= 4 is 54.1 Å². The molecule has 1 saturated carbocycles. The van der Waals surface area contributed by atoms with Crippen molar-refractivity contribution in [1.82, 2.24) is 9.97 Å². The van der Waals surface area contributed by atoms with Crippen LogP contribution in [0.3, 0.4) is 0 Å². The summed E-state index contributed by atoms with van der Waals surface area (Å²) in [4.78, 5) is 21.4. The number of carbonyl (C=O) groups is 1. The van der Waals surface area contributed by atoms with E-state index in [1.807, 2.05) is 19.1 Å². The third-order valence-corrected chi connectivity index (χ3v) is 6.60. The summed E-state index contributed by atoms with van der Waals surface area (Å²) in [7, 11) is 0. The second-order valence-electron chi connectivity index (χ2n) is 6.27. The lowest BCUT2D eigenvalue weighted by molar-refractivity contribution is -0.117. The summed E-state index contributed by atoms with van der Waals surface area (Å²) in [6, 6.07) is 4.00. The number of hydrogen-bond donors (Lipinski definition) is 1. The Kier molecular flexibility index (Phi) is 4.03. The second-order valence-corrected chi connectivity index (χ2v) is 8.47. The van der Waals surface area contributed by atoms with Crippen molar-refractivity contribution in [2.75, 3.05) is 5.32 Å². The van der Waals surface area contributed by atoms with E-state index in [1.54, 1.807) is 22.7 Å². The Morgan fingerprint density at radius 1 is 1.13 bits per heavy atom. The molecule has 1 aliphatic carbocycles. The highest BCUT2D eigenvalue weighted by Crippen LogP contribution is 2.36. The van der Waals surface area contributed by atoms with Crippen LogP contribution in [-0.4, -0.2) is 15.9 Å². The minimum atomic E-state index is 0.104. The summed E-state index contributed by atoms with van der Waals surface area (Å²) in [5.74, 6) is 0.654. The highest BCUT2D eigenvalue weighted by Gasteiger charge is 2.18. The lowest BCUT2D eigenvalue weighted by Crippen LogP contribution is -2.18. The maximum absolute atomic E-state index is 12.3. The average molecular weight is 345 g/mol. The minimum Gasteiger partial charge on any atom is -0.302 e. The third-order valence-electron chi connectivity index (χ3n) is 4.46. The van der Waals surface area contributed by atoms with Gasteiger partial charge in [-0.1, -0.05) is 30.6 Å². The number of fused-ring (bicyclic) bond motifs is 3. The van der Waals surface area contributed by atoms with E-state index in [0.717, 1.165) is 20.7 Å². The van der Waals surface area contributed by atoms with Crippen molar-refractivity contribution in [3.05, 3.63) is 17.1 Å².